The Hall–Kier alpha value is 0. The van der Waals surface area contributed by atoms with Crippen LogP contribution in [0.1, 0.15) is 20.3 Å². The Labute approximate surface area is 160 Å². The average molecular weight is 538 g/mol. The molecule has 0 spiro atoms. The van der Waals surface area contributed by atoms with Gasteiger partial charge in [-0.3, -0.25) is 0 Å². The second-order valence-electron chi connectivity index (χ2n) is 5.73. The van der Waals surface area contributed by atoms with Crippen LogP contribution in [0.2, 0.25) is 0 Å². The summed E-state index contributed by atoms with van der Waals surface area (Å²) in [5, 5.41) is 2.82. The minimum atomic E-state index is -2.06. The van der Waals surface area contributed by atoms with Gasteiger partial charge >= 0.3 is 162 Å². The fourth-order valence-corrected chi connectivity index (χ4v) is 13.0. The topological polar surface area (TPSA) is 17.1 Å². The number of ketones is 1. The molecule has 2 aromatic rings. The number of hydrogen-bond acceptors (Lipinski definition) is 1. The molecule has 0 fully saturated rings. The van der Waals surface area contributed by atoms with Gasteiger partial charge in [0, 0.05) is 0 Å². The first-order valence-corrected chi connectivity index (χ1v) is 11.7. The third-order valence-electron chi connectivity index (χ3n) is 4.13. The Kier molecular flexibility index (Phi) is 6.43. The van der Waals surface area contributed by atoms with Crippen molar-refractivity contribution in [3.8, 4) is 0 Å². The fourth-order valence-electron chi connectivity index (χ4n) is 2.99. The fraction of sp³-hybridized carbons (Fsp3) is 0.278. The number of benzene rings is 2. The van der Waals surface area contributed by atoms with E-state index in [2.05, 4.69) is 113 Å². The molecular formula is C18H21I2OP. The van der Waals surface area contributed by atoms with Crippen LogP contribution in [0.4, 0.5) is 0 Å². The van der Waals surface area contributed by atoms with Gasteiger partial charge in [0.25, 0.3) is 0 Å². The van der Waals surface area contributed by atoms with Crippen molar-refractivity contribution in [2.45, 2.75) is 21.4 Å². The maximum absolute atomic E-state index is 11.7. The van der Waals surface area contributed by atoms with Crippen LogP contribution in [-0.2, 0) is 4.79 Å². The maximum atomic E-state index is 11.7. The molecule has 0 saturated carbocycles. The molecule has 0 radical (unpaired) electrons. The number of alkyl halides is 2. The van der Waals surface area contributed by atoms with Crippen LogP contribution in [-0.4, -0.2) is 13.1 Å². The number of halogens is 2. The molecule has 0 aliphatic carbocycles. The van der Waals surface area contributed by atoms with Gasteiger partial charge in [-0.25, -0.2) is 0 Å². The molecule has 2 aromatic carbocycles. The first-order valence-electron chi connectivity index (χ1n) is 7.36. The summed E-state index contributed by atoms with van der Waals surface area (Å²) in [6.07, 6.45) is 1.61. The van der Waals surface area contributed by atoms with Gasteiger partial charge in [-0.15, -0.1) is 0 Å². The van der Waals surface area contributed by atoms with Crippen molar-refractivity contribution in [2.24, 2.45) is 0 Å². The summed E-state index contributed by atoms with van der Waals surface area (Å²) in [6, 6.07) is 21.6. The van der Waals surface area contributed by atoms with Crippen molar-refractivity contribution >= 4 is 68.8 Å². The van der Waals surface area contributed by atoms with E-state index in [-0.39, 0.29) is 6.95 Å². The van der Waals surface area contributed by atoms with Crippen molar-refractivity contribution < 1.29 is 4.79 Å². The van der Waals surface area contributed by atoms with Crippen LogP contribution >= 0.6 is 52.4 Å². The first-order chi connectivity index (χ1) is 10.4. The third kappa shape index (κ3) is 3.90. The minimum absolute atomic E-state index is 0.0840. The second kappa shape index (κ2) is 7.71. The summed E-state index contributed by atoms with van der Waals surface area (Å²) in [7, 11) is -2.06. The van der Waals surface area contributed by atoms with E-state index in [1.54, 1.807) is 6.92 Å². The molecule has 0 aliphatic rings. The molecule has 0 amide bonds. The van der Waals surface area contributed by atoms with Crippen LogP contribution in [0.15, 0.2) is 60.7 Å². The van der Waals surface area contributed by atoms with E-state index in [1.165, 1.54) is 10.6 Å². The van der Waals surface area contributed by atoms with Crippen molar-refractivity contribution in [1.82, 2.24) is 0 Å². The molecule has 0 N–H and O–H groups in total. The molecule has 22 heavy (non-hydrogen) atoms. The first kappa shape index (κ1) is 18.3. The summed E-state index contributed by atoms with van der Waals surface area (Å²) < 4.78 is 0.0840. The number of Topliss-reactive ketones (excluding diaryl/α,β-unsaturated/α-hetero) is 1. The molecule has 0 bridgehead atoms. The molecule has 0 heterocycles. The van der Waals surface area contributed by atoms with Crippen LogP contribution in [0.25, 0.3) is 0 Å². The van der Waals surface area contributed by atoms with E-state index in [4.69, 9.17) is 0 Å². The number of carbonyl (C=O) groups excluding carboxylic acids is 1. The van der Waals surface area contributed by atoms with Crippen LogP contribution < -0.4 is 10.6 Å². The van der Waals surface area contributed by atoms with Gasteiger partial charge in [-0.1, -0.05) is 0 Å². The molecule has 0 unspecified atom stereocenters. The quantitative estimate of drug-likeness (QED) is 0.291. The van der Waals surface area contributed by atoms with Gasteiger partial charge in [0.05, 0.1) is 0 Å². The predicted molar refractivity (Wildman–Crippen MR) is 117 cm³/mol. The normalized spacial score (nSPS) is 12.9. The van der Waals surface area contributed by atoms with Gasteiger partial charge < -0.3 is 0 Å². The van der Waals surface area contributed by atoms with Crippen LogP contribution in [0.5, 0.6) is 0 Å². The summed E-state index contributed by atoms with van der Waals surface area (Å²) in [5.74, 6) is 0.279. The van der Waals surface area contributed by atoms with Gasteiger partial charge in [-0.05, 0) is 0 Å². The van der Waals surface area contributed by atoms with Crippen molar-refractivity contribution in [3.63, 3.8) is 0 Å². The number of rotatable bonds is 6. The Morgan fingerprint density at radius 2 is 1.36 bits per heavy atom. The van der Waals surface area contributed by atoms with Crippen molar-refractivity contribution in [3.05, 3.63) is 60.7 Å². The molecular weight excluding hydrogens is 517 g/mol. The van der Waals surface area contributed by atoms with E-state index in [9.17, 15) is 4.79 Å². The summed E-state index contributed by atoms with van der Waals surface area (Å²) in [4.78, 5) is 11.7. The zero-order chi connectivity index (χ0) is 16.2. The molecule has 1 nitrogen and oxygen atoms in total. The SMILES string of the molecule is CC(=O)CC[PH](c1ccccc1)(c1ccccc1)C(C)(I)I. The second-order valence-corrected chi connectivity index (χ2v) is 18.6. The van der Waals surface area contributed by atoms with E-state index in [1.807, 2.05) is 0 Å². The Morgan fingerprint density at radius 1 is 0.955 bits per heavy atom. The van der Waals surface area contributed by atoms with Gasteiger partial charge in [0.1, 0.15) is 0 Å². The van der Waals surface area contributed by atoms with Crippen LogP contribution in [0, 0.1) is 0 Å². The zero-order valence-corrected chi connectivity index (χ0v) is 18.2. The summed E-state index contributed by atoms with van der Waals surface area (Å²) >= 11 is 5.16. The van der Waals surface area contributed by atoms with E-state index < -0.39 is 7.26 Å². The number of carbonyl (C=O) groups is 1. The number of hydrogen-bond donors (Lipinski definition) is 0. The molecule has 4 heteroatoms. The Bertz CT molecular complexity index is 581. The van der Waals surface area contributed by atoms with E-state index in [0.29, 0.717) is 6.42 Å². The molecule has 2 rings (SSSR count). The molecule has 0 aliphatic heterocycles. The Balaban J connectivity index is 2.67. The van der Waals surface area contributed by atoms with Crippen molar-refractivity contribution in [2.75, 3.05) is 6.16 Å². The van der Waals surface area contributed by atoms with Gasteiger partial charge in [0.2, 0.25) is 0 Å². The average Bonchev–Trinajstić information content (AvgIpc) is 2.48. The molecule has 118 valence electrons. The van der Waals surface area contributed by atoms with Crippen molar-refractivity contribution in [1.29, 1.82) is 0 Å². The van der Waals surface area contributed by atoms with Crippen LogP contribution in [0.3, 0.4) is 0 Å². The standard InChI is InChI=1S/C18H21I2OP/c1-15(21)13-14-22(18(2,19)20,16-9-5-3-6-10-16)17-11-7-4-8-12-17/h3-12,22H,13-14H2,1-2H3. The van der Waals surface area contributed by atoms with E-state index in [0.717, 1.165) is 6.16 Å². The van der Waals surface area contributed by atoms with Gasteiger partial charge in [-0.2, -0.15) is 0 Å². The zero-order valence-electron chi connectivity index (χ0n) is 12.9. The molecule has 0 saturated heterocycles. The third-order valence-corrected chi connectivity index (χ3v) is 14.8. The summed E-state index contributed by atoms with van der Waals surface area (Å²) in [6.45, 7) is 4.01. The molecule has 0 aromatic heterocycles. The molecule has 0 atom stereocenters. The Morgan fingerprint density at radius 3 is 1.68 bits per heavy atom. The monoisotopic (exact) mass is 538 g/mol. The van der Waals surface area contributed by atoms with Gasteiger partial charge in [0.15, 0.2) is 0 Å². The summed E-state index contributed by atoms with van der Waals surface area (Å²) in [5.41, 5.74) is 0. The van der Waals surface area contributed by atoms with E-state index >= 15 is 0 Å². The predicted octanol–water partition coefficient (Wildman–Crippen LogP) is 4.91.